The number of rotatable bonds is 4. The van der Waals surface area contributed by atoms with Gasteiger partial charge in [0.25, 0.3) is 0 Å². The van der Waals surface area contributed by atoms with Gasteiger partial charge < -0.3 is 10.3 Å². The molecule has 23 heavy (non-hydrogen) atoms. The van der Waals surface area contributed by atoms with Gasteiger partial charge in [0.2, 0.25) is 0 Å². The molecule has 0 atom stereocenters. The number of carbonyl (C=O) groups is 1. The minimum atomic E-state index is -0.0193. The van der Waals surface area contributed by atoms with Crippen LogP contribution in [0, 0.1) is 18.3 Å². The molecule has 0 saturated heterocycles. The smallest absolute Gasteiger partial charge is 0.178 e. The van der Waals surface area contributed by atoms with E-state index in [9.17, 15) is 4.79 Å². The van der Waals surface area contributed by atoms with Gasteiger partial charge in [-0.2, -0.15) is 5.26 Å². The summed E-state index contributed by atoms with van der Waals surface area (Å²) in [4.78, 5) is 12.2. The van der Waals surface area contributed by atoms with Crippen molar-refractivity contribution < 1.29 is 4.79 Å². The third-order valence-electron chi connectivity index (χ3n) is 4.79. The molecule has 0 amide bonds. The quantitative estimate of drug-likeness (QED) is 0.879. The van der Waals surface area contributed by atoms with Gasteiger partial charge in [0.05, 0.1) is 18.2 Å². The van der Waals surface area contributed by atoms with Crippen LogP contribution in [-0.2, 0) is 0 Å². The summed E-state index contributed by atoms with van der Waals surface area (Å²) in [6, 6.07) is 11.7. The average molecular weight is 307 g/mol. The molecule has 1 aromatic carbocycles. The van der Waals surface area contributed by atoms with Crippen LogP contribution in [0.1, 0.15) is 58.9 Å². The van der Waals surface area contributed by atoms with Gasteiger partial charge in [0.1, 0.15) is 0 Å². The van der Waals surface area contributed by atoms with E-state index in [4.69, 9.17) is 11.0 Å². The van der Waals surface area contributed by atoms with Crippen molar-refractivity contribution in [2.45, 2.75) is 38.5 Å². The van der Waals surface area contributed by atoms with Crippen LogP contribution in [0.25, 0.3) is 5.69 Å². The number of nitrogens with zero attached hydrogens (tertiary/aromatic N) is 2. The summed E-state index contributed by atoms with van der Waals surface area (Å²) in [5.41, 5.74) is 10.1. The molecule has 4 heteroatoms. The van der Waals surface area contributed by atoms with Crippen molar-refractivity contribution in [3.63, 3.8) is 0 Å². The van der Waals surface area contributed by atoms with Crippen molar-refractivity contribution in [3.05, 3.63) is 52.8 Å². The molecule has 1 aliphatic carbocycles. The van der Waals surface area contributed by atoms with E-state index in [1.54, 1.807) is 0 Å². The summed E-state index contributed by atoms with van der Waals surface area (Å²) in [6.45, 7) is 2.00. The number of hydrogen-bond acceptors (Lipinski definition) is 3. The van der Waals surface area contributed by atoms with E-state index in [-0.39, 0.29) is 12.3 Å². The van der Waals surface area contributed by atoms with Crippen LogP contribution < -0.4 is 5.73 Å². The van der Waals surface area contributed by atoms with E-state index in [1.807, 2.05) is 37.3 Å². The van der Waals surface area contributed by atoms with Crippen LogP contribution >= 0.6 is 0 Å². The number of nitrogens with two attached hydrogens (primary N) is 1. The van der Waals surface area contributed by atoms with Gasteiger partial charge in [-0.15, -0.1) is 0 Å². The predicted octanol–water partition coefficient (Wildman–Crippen LogP) is 3.46. The predicted molar refractivity (Wildman–Crippen MR) is 89.8 cm³/mol. The molecule has 0 spiro atoms. The zero-order chi connectivity index (χ0) is 16.4. The van der Waals surface area contributed by atoms with Gasteiger partial charge in [-0.05, 0) is 56.0 Å². The van der Waals surface area contributed by atoms with Crippen molar-refractivity contribution in [2.75, 3.05) is 6.54 Å². The van der Waals surface area contributed by atoms with Gasteiger partial charge >= 0.3 is 0 Å². The lowest BCUT2D eigenvalue weighted by molar-refractivity contribution is 0.100. The number of carbonyl (C=O) groups excluding carboxylic acids is 1. The summed E-state index contributed by atoms with van der Waals surface area (Å²) in [5, 5.41) is 8.97. The Bertz CT molecular complexity index is 759. The first kappa shape index (κ1) is 15.5. The van der Waals surface area contributed by atoms with E-state index in [0.717, 1.165) is 29.8 Å². The average Bonchev–Trinajstić information content (AvgIpc) is 3.22. The highest BCUT2D eigenvalue weighted by Gasteiger charge is 2.25. The Kier molecular flexibility index (Phi) is 4.31. The largest absolute Gasteiger partial charge is 0.324 e. The van der Waals surface area contributed by atoms with Crippen LogP contribution in [0.4, 0.5) is 0 Å². The lowest BCUT2D eigenvalue weighted by atomic mass is 10.0. The van der Waals surface area contributed by atoms with Crippen molar-refractivity contribution in [2.24, 2.45) is 5.73 Å². The SMILES string of the molecule is Cc1c(C(=O)CN)cc(C2CCCC2)n1-c1ccc(C#N)cc1. The molecular weight excluding hydrogens is 286 g/mol. The highest BCUT2D eigenvalue weighted by atomic mass is 16.1. The fraction of sp³-hybridized carbons (Fsp3) is 0.368. The van der Waals surface area contributed by atoms with Gasteiger partial charge in [-0.1, -0.05) is 12.8 Å². The summed E-state index contributed by atoms with van der Waals surface area (Å²) in [6.07, 6.45) is 4.80. The van der Waals surface area contributed by atoms with Gasteiger partial charge in [0, 0.05) is 22.6 Å². The number of nitriles is 1. The fourth-order valence-electron chi connectivity index (χ4n) is 3.57. The van der Waals surface area contributed by atoms with Gasteiger partial charge in [-0.3, -0.25) is 4.79 Å². The molecule has 1 aromatic heterocycles. The summed E-state index contributed by atoms with van der Waals surface area (Å²) in [7, 11) is 0. The second-order valence-electron chi connectivity index (χ2n) is 6.17. The number of aromatic nitrogens is 1. The van der Waals surface area contributed by atoms with E-state index < -0.39 is 0 Å². The Balaban J connectivity index is 2.13. The Morgan fingerprint density at radius 2 is 1.96 bits per heavy atom. The van der Waals surface area contributed by atoms with Crippen molar-refractivity contribution in [1.82, 2.24) is 4.57 Å². The molecule has 0 bridgehead atoms. The monoisotopic (exact) mass is 307 g/mol. The molecule has 2 aromatic rings. The van der Waals surface area contributed by atoms with E-state index in [0.29, 0.717) is 11.5 Å². The molecular formula is C19H21N3O. The van der Waals surface area contributed by atoms with Crippen molar-refractivity contribution in [3.8, 4) is 11.8 Å². The molecule has 4 nitrogen and oxygen atoms in total. The second-order valence-corrected chi connectivity index (χ2v) is 6.17. The summed E-state index contributed by atoms with van der Waals surface area (Å²) < 4.78 is 2.17. The highest BCUT2D eigenvalue weighted by Crippen LogP contribution is 2.37. The third kappa shape index (κ3) is 2.80. The van der Waals surface area contributed by atoms with E-state index in [1.165, 1.54) is 18.5 Å². The molecule has 1 heterocycles. The van der Waals surface area contributed by atoms with Crippen LogP contribution in [0.2, 0.25) is 0 Å². The first-order chi connectivity index (χ1) is 11.2. The molecule has 1 saturated carbocycles. The Morgan fingerprint density at radius 3 is 2.52 bits per heavy atom. The zero-order valence-corrected chi connectivity index (χ0v) is 13.4. The molecule has 3 rings (SSSR count). The molecule has 118 valence electrons. The maximum absolute atomic E-state index is 12.2. The lowest BCUT2D eigenvalue weighted by Gasteiger charge is -2.16. The fourth-order valence-corrected chi connectivity index (χ4v) is 3.57. The molecule has 2 N–H and O–H groups in total. The maximum Gasteiger partial charge on any atom is 0.178 e. The van der Waals surface area contributed by atoms with Crippen LogP contribution in [0.5, 0.6) is 0 Å². The zero-order valence-electron chi connectivity index (χ0n) is 13.4. The molecule has 0 radical (unpaired) electrons. The van der Waals surface area contributed by atoms with Gasteiger partial charge in [0.15, 0.2) is 5.78 Å². The first-order valence-corrected chi connectivity index (χ1v) is 8.11. The van der Waals surface area contributed by atoms with E-state index in [2.05, 4.69) is 10.6 Å². The number of hydrogen-bond donors (Lipinski definition) is 1. The maximum atomic E-state index is 12.2. The topological polar surface area (TPSA) is 71.8 Å². The summed E-state index contributed by atoms with van der Waals surface area (Å²) in [5.74, 6) is 0.470. The minimum absolute atomic E-state index is 0.0193. The van der Waals surface area contributed by atoms with Crippen molar-refractivity contribution >= 4 is 5.78 Å². The normalized spacial score (nSPS) is 14.8. The molecule has 0 aliphatic heterocycles. The number of benzene rings is 1. The minimum Gasteiger partial charge on any atom is -0.324 e. The van der Waals surface area contributed by atoms with Crippen LogP contribution in [0.3, 0.4) is 0 Å². The highest BCUT2D eigenvalue weighted by molar-refractivity contribution is 5.99. The third-order valence-corrected chi connectivity index (χ3v) is 4.79. The van der Waals surface area contributed by atoms with Gasteiger partial charge in [-0.25, -0.2) is 0 Å². The van der Waals surface area contributed by atoms with Crippen LogP contribution in [-0.4, -0.2) is 16.9 Å². The molecule has 1 aliphatic rings. The summed E-state index contributed by atoms with van der Waals surface area (Å²) >= 11 is 0. The number of Topliss-reactive ketones (excluding diaryl/α,β-unsaturated/α-hetero) is 1. The molecule has 1 fully saturated rings. The number of ketones is 1. The van der Waals surface area contributed by atoms with Crippen LogP contribution in [0.15, 0.2) is 30.3 Å². The van der Waals surface area contributed by atoms with E-state index >= 15 is 0 Å². The Labute approximate surface area is 136 Å². The molecule has 0 unspecified atom stereocenters. The Morgan fingerprint density at radius 1 is 1.30 bits per heavy atom. The Hall–Kier alpha value is -2.38. The first-order valence-electron chi connectivity index (χ1n) is 8.11. The standard InChI is InChI=1S/C19H21N3O/c1-13-17(19(23)12-21)10-18(15-4-2-3-5-15)22(13)16-8-6-14(11-20)7-9-16/h6-10,15H,2-5,12,21H2,1H3. The second kappa shape index (κ2) is 6.39. The van der Waals surface area contributed by atoms with Crippen molar-refractivity contribution in [1.29, 1.82) is 5.26 Å². The lowest BCUT2D eigenvalue weighted by Crippen LogP contribution is -2.14.